The molecular weight excluding hydrogens is 310 g/mol. The summed E-state index contributed by atoms with van der Waals surface area (Å²) in [5.74, 6) is 0.308. The molecule has 0 fully saturated rings. The Labute approximate surface area is 149 Å². The number of isocyanates is 1. The predicted molar refractivity (Wildman–Crippen MR) is 102 cm³/mol. The van der Waals surface area contributed by atoms with Gasteiger partial charge in [0.05, 0.1) is 5.69 Å². The molecule has 2 aromatic rings. The van der Waals surface area contributed by atoms with E-state index in [1.54, 1.807) is 6.08 Å². The van der Waals surface area contributed by atoms with Crippen molar-refractivity contribution in [2.75, 3.05) is 0 Å². The molecule has 0 aliphatic heterocycles. The first-order chi connectivity index (χ1) is 11.6. The van der Waals surface area contributed by atoms with Gasteiger partial charge in [-0.15, -0.1) is 0 Å². The number of phenols is 1. The topological polar surface area (TPSA) is 49.7 Å². The molecule has 3 rings (SSSR count). The monoisotopic (exact) mass is 335 g/mol. The van der Waals surface area contributed by atoms with Crippen LogP contribution in [0.2, 0.25) is 0 Å². The smallest absolute Gasteiger partial charge is 0.240 e. The summed E-state index contributed by atoms with van der Waals surface area (Å²) < 4.78 is 0. The van der Waals surface area contributed by atoms with E-state index >= 15 is 0 Å². The van der Waals surface area contributed by atoms with Gasteiger partial charge in [-0.25, -0.2) is 4.79 Å². The lowest BCUT2D eigenvalue weighted by Crippen LogP contribution is -2.14. The molecule has 0 aromatic heterocycles. The third kappa shape index (κ3) is 2.79. The van der Waals surface area contributed by atoms with Gasteiger partial charge in [0.2, 0.25) is 6.08 Å². The number of hydrogen-bond acceptors (Lipinski definition) is 3. The average molecular weight is 335 g/mol. The van der Waals surface area contributed by atoms with Crippen LogP contribution in [0.3, 0.4) is 0 Å². The Kier molecular flexibility index (Phi) is 3.89. The zero-order valence-electron chi connectivity index (χ0n) is 15.8. The third-order valence-electron chi connectivity index (χ3n) is 4.93. The molecule has 1 aliphatic rings. The number of carbonyl (C=O) groups excluding carboxylic acids is 1. The highest BCUT2D eigenvalue weighted by Gasteiger charge is 2.33. The second-order valence-corrected chi connectivity index (χ2v) is 8.86. The standard InChI is InChI=1S/C22H25NO2/c1-21(2,3)15-9-7-8-13-10-14-17(23-12-24)11-16(22(4,5)6)20(25)19(14)18(13)15/h7-9,11,25H,10H2,1-6H3. The number of aliphatic imine (C=N–C) groups is 1. The summed E-state index contributed by atoms with van der Waals surface area (Å²) in [6.45, 7) is 12.7. The molecule has 0 saturated carbocycles. The van der Waals surface area contributed by atoms with Crippen molar-refractivity contribution in [1.29, 1.82) is 0 Å². The fourth-order valence-corrected chi connectivity index (χ4v) is 3.72. The lowest BCUT2D eigenvalue weighted by atomic mass is 9.79. The fraction of sp³-hybridized carbons (Fsp3) is 0.409. The second kappa shape index (κ2) is 5.57. The van der Waals surface area contributed by atoms with Crippen molar-refractivity contribution in [3.05, 3.63) is 46.5 Å². The Hall–Kier alpha value is -2.38. The van der Waals surface area contributed by atoms with Gasteiger partial charge < -0.3 is 5.11 Å². The fourth-order valence-electron chi connectivity index (χ4n) is 3.72. The molecule has 0 unspecified atom stereocenters. The molecular formula is C22H25NO2. The molecule has 0 bridgehead atoms. The number of aromatic hydroxyl groups is 1. The van der Waals surface area contributed by atoms with E-state index in [9.17, 15) is 9.90 Å². The van der Waals surface area contributed by atoms with Crippen LogP contribution in [0.25, 0.3) is 11.1 Å². The molecule has 0 atom stereocenters. The van der Waals surface area contributed by atoms with Crippen LogP contribution < -0.4 is 0 Å². The largest absolute Gasteiger partial charge is 0.507 e. The highest BCUT2D eigenvalue weighted by molar-refractivity contribution is 5.89. The van der Waals surface area contributed by atoms with Crippen LogP contribution in [-0.4, -0.2) is 11.2 Å². The molecule has 25 heavy (non-hydrogen) atoms. The van der Waals surface area contributed by atoms with Gasteiger partial charge in [-0.1, -0.05) is 59.7 Å². The van der Waals surface area contributed by atoms with Crippen molar-refractivity contribution >= 4 is 11.8 Å². The van der Waals surface area contributed by atoms with E-state index in [0.717, 1.165) is 22.3 Å². The van der Waals surface area contributed by atoms with E-state index in [1.165, 1.54) is 11.1 Å². The van der Waals surface area contributed by atoms with E-state index in [0.29, 0.717) is 17.9 Å². The summed E-state index contributed by atoms with van der Waals surface area (Å²) in [6.07, 6.45) is 2.35. The molecule has 0 radical (unpaired) electrons. The maximum absolute atomic E-state index is 11.1. The summed E-state index contributed by atoms with van der Waals surface area (Å²) in [4.78, 5) is 14.9. The number of benzene rings is 2. The van der Waals surface area contributed by atoms with E-state index in [2.05, 4.69) is 44.0 Å². The molecule has 3 nitrogen and oxygen atoms in total. The van der Waals surface area contributed by atoms with Gasteiger partial charge in [0.1, 0.15) is 5.75 Å². The number of phenolic OH excluding ortho intramolecular Hbond substituents is 1. The second-order valence-electron chi connectivity index (χ2n) is 8.86. The minimum Gasteiger partial charge on any atom is -0.507 e. The van der Waals surface area contributed by atoms with Crippen LogP contribution in [-0.2, 0) is 22.0 Å². The summed E-state index contributed by atoms with van der Waals surface area (Å²) >= 11 is 0. The van der Waals surface area contributed by atoms with Crippen molar-refractivity contribution in [2.45, 2.75) is 58.8 Å². The van der Waals surface area contributed by atoms with Gasteiger partial charge in [-0.3, -0.25) is 0 Å². The maximum Gasteiger partial charge on any atom is 0.240 e. The molecule has 130 valence electrons. The van der Waals surface area contributed by atoms with Crippen molar-refractivity contribution in [1.82, 2.24) is 0 Å². The van der Waals surface area contributed by atoms with Crippen molar-refractivity contribution in [2.24, 2.45) is 4.99 Å². The van der Waals surface area contributed by atoms with Crippen LogP contribution in [0, 0.1) is 0 Å². The highest BCUT2D eigenvalue weighted by Crippen LogP contribution is 2.52. The maximum atomic E-state index is 11.1. The Bertz CT molecular complexity index is 905. The van der Waals surface area contributed by atoms with Crippen molar-refractivity contribution < 1.29 is 9.90 Å². The number of hydrogen-bond donors (Lipinski definition) is 1. The third-order valence-corrected chi connectivity index (χ3v) is 4.93. The molecule has 2 aromatic carbocycles. The highest BCUT2D eigenvalue weighted by atomic mass is 16.3. The van der Waals surface area contributed by atoms with Crippen molar-refractivity contribution in [3.63, 3.8) is 0 Å². The SMILES string of the molecule is CC(C)(C)c1cc(N=C=O)c2c(c1O)-c1c(cccc1C(C)(C)C)C2. The van der Waals surface area contributed by atoms with Gasteiger partial charge >= 0.3 is 0 Å². The number of rotatable bonds is 1. The first-order valence-electron chi connectivity index (χ1n) is 8.65. The predicted octanol–water partition coefficient (Wildman–Crippen LogP) is 5.53. The zero-order valence-corrected chi connectivity index (χ0v) is 15.8. The molecule has 0 spiro atoms. The van der Waals surface area contributed by atoms with Gasteiger partial charge in [0.25, 0.3) is 0 Å². The quantitative estimate of drug-likeness (QED) is 0.470. The molecule has 1 aliphatic carbocycles. The van der Waals surface area contributed by atoms with E-state index in [1.807, 2.05) is 26.8 Å². The summed E-state index contributed by atoms with van der Waals surface area (Å²) in [7, 11) is 0. The van der Waals surface area contributed by atoms with E-state index in [4.69, 9.17) is 0 Å². The normalized spacial score (nSPS) is 13.2. The van der Waals surface area contributed by atoms with Crippen LogP contribution >= 0.6 is 0 Å². The molecule has 1 N–H and O–H groups in total. The Balaban J connectivity index is 2.44. The van der Waals surface area contributed by atoms with Crippen LogP contribution in [0.1, 0.15) is 63.8 Å². The average Bonchev–Trinajstić information content (AvgIpc) is 2.87. The van der Waals surface area contributed by atoms with Gasteiger partial charge in [-0.2, -0.15) is 4.99 Å². The van der Waals surface area contributed by atoms with Gasteiger partial charge in [-0.05, 0) is 39.2 Å². The lowest BCUT2D eigenvalue weighted by Gasteiger charge is -2.26. The van der Waals surface area contributed by atoms with Crippen LogP contribution in [0.4, 0.5) is 5.69 Å². The Morgan fingerprint density at radius 2 is 1.64 bits per heavy atom. The van der Waals surface area contributed by atoms with Gasteiger partial charge in [0.15, 0.2) is 0 Å². The van der Waals surface area contributed by atoms with Crippen LogP contribution in [0.5, 0.6) is 5.75 Å². The Morgan fingerprint density at radius 3 is 2.20 bits per heavy atom. The number of nitrogens with zero attached hydrogens (tertiary/aromatic N) is 1. The Morgan fingerprint density at radius 1 is 1.00 bits per heavy atom. The zero-order chi connectivity index (χ0) is 18.6. The minimum absolute atomic E-state index is 0.0504. The van der Waals surface area contributed by atoms with E-state index < -0.39 is 0 Å². The first kappa shape index (κ1) is 17.4. The minimum atomic E-state index is -0.258. The van der Waals surface area contributed by atoms with Crippen LogP contribution in [0.15, 0.2) is 29.3 Å². The first-order valence-corrected chi connectivity index (χ1v) is 8.65. The molecule has 3 heteroatoms. The summed E-state index contributed by atoms with van der Waals surface area (Å²) in [5.41, 5.74) is 6.33. The lowest BCUT2D eigenvalue weighted by molar-refractivity contribution is 0.448. The van der Waals surface area contributed by atoms with Crippen molar-refractivity contribution in [3.8, 4) is 16.9 Å². The van der Waals surface area contributed by atoms with Gasteiger partial charge in [0, 0.05) is 17.5 Å². The molecule has 0 amide bonds. The molecule has 0 heterocycles. The summed E-state index contributed by atoms with van der Waals surface area (Å²) in [6, 6.07) is 8.12. The summed E-state index contributed by atoms with van der Waals surface area (Å²) in [5, 5.41) is 11.1. The molecule has 0 saturated heterocycles. The van der Waals surface area contributed by atoms with E-state index in [-0.39, 0.29) is 10.8 Å². The number of fused-ring (bicyclic) bond motifs is 3.